The van der Waals surface area contributed by atoms with Gasteiger partial charge in [0.1, 0.15) is 0 Å². The summed E-state index contributed by atoms with van der Waals surface area (Å²) >= 11 is 0. The van der Waals surface area contributed by atoms with E-state index in [4.69, 9.17) is 0 Å². The largest absolute Gasteiger partial charge is 0.349 e. The number of aryl methyl sites for hydroxylation is 1. The highest BCUT2D eigenvalue weighted by Gasteiger charge is 2.20. The molecular weight excluding hydrogens is 262 g/mol. The van der Waals surface area contributed by atoms with Crippen molar-refractivity contribution in [2.24, 2.45) is 0 Å². The minimum atomic E-state index is 0.172. The van der Waals surface area contributed by atoms with Gasteiger partial charge in [-0.1, -0.05) is 18.2 Å². The third-order valence-corrected chi connectivity index (χ3v) is 4.10. The second kappa shape index (κ2) is 5.90. The van der Waals surface area contributed by atoms with Gasteiger partial charge in [0.05, 0.1) is 0 Å². The van der Waals surface area contributed by atoms with Crippen molar-refractivity contribution in [1.29, 1.82) is 0 Å². The maximum atomic E-state index is 11.8. The Bertz CT molecular complexity index is 641. The van der Waals surface area contributed by atoms with Crippen LogP contribution in [0.5, 0.6) is 0 Å². The van der Waals surface area contributed by atoms with Crippen LogP contribution in [0.15, 0.2) is 30.5 Å². The predicted octanol–water partition coefficient (Wildman–Crippen LogP) is 2.37. The second-order valence-corrected chi connectivity index (χ2v) is 6.06. The molecular formula is C17H23N3O. The van der Waals surface area contributed by atoms with Crippen molar-refractivity contribution in [3.8, 4) is 0 Å². The van der Waals surface area contributed by atoms with E-state index in [0.29, 0.717) is 12.5 Å². The topological polar surface area (TPSA) is 37.3 Å². The molecule has 4 heteroatoms. The van der Waals surface area contributed by atoms with E-state index in [1.165, 1.54) is 29.3 Å². The molecule has 1 aliphatic carbocycles. The van der Waals surface area contributed by atoms with Crippen LogP contribution >= 0.6 is 0 Å². The van der Waals surface area contributed by atoms with Gasteiger partial charge in [-0.2, -0.15) is 0 Å². The summed E-state index contributed by atoms with van der Waals surface area (Å²) in [7, 11) is 3.61. The number of hydrogen-bond donors (Lipinski definition) is 1. The average molecular weight is 285 g/mol. The van der Waals surface area contributed by atoms with Crippen molar-refractivity contribution in [3.63, 3.8) is 0 Å². The van der Waals surface area contributed by atoms with E-state index in [9.17, 15) is 4.79 Å². The molecule has 0 unspecified atom stereocenters. The van der Waals surface area contributed by atoms with Crippen molar-refractivity contribution >= 4 is 16.8 Å². The summed E-state index contributed by atoms with van der Waals surface area (Å²) in [5, 5.41) is 4.87. The molecule has 1 aromatic carbocycles. The van der Waals surface area contributed by atoms with Crippen molar-refractivity contribution in [1.82, 2.24) is 14.8 Å². The van der Waals surface area contributed by atoms with Gasteiger partial charge in [-0.25, -0.2) is 0 Å². The lowest BCUT2D eigenvalue weighted by atomic mass is 10.2. The number of nitrogens with zero attached hydrogens (tertiary/aromatic N) is 2. The Balaban J connectivity index is 1.78. The van der Waals surface area contributed by atoms with Crippen LogP contribution in [0.2, 0.25) is 0 Å². The summed E-state index contributed by atoms with van der Waals surface area (Å²) in [4.78, 5) is 13.4. The highest BCUT2D eigenvalue weighted by Crippen LogP contribution is 2.24. The van der Waals surface area contributed by atoms with Crippen LogP contribution in [-0.4, -0.2) is 35.5 Å². The van der Waals surface area contributed by atoms with E-state index < -0.39 is 0 Å². The van der Waals surface area contributed by atoms with E-state index in [0.717, 1.165) is 13.1 Å². The lowest BCUT2D eigenvalue weighted by Gasteiger charge is -2.11. The number of carbonyl (C=O) groups excluding carboxylic acids is 1. The molecule has 0 bridgehead atoms. The number of benzene rings is 1. The minimum Gasteiger partial charge on any atom is -0.349 e. The Kier molecular flexibility index (Phi) is 3.97. The van der Waals surface area contributed by atoms with Crippen LogP contribution in [0.1, 0.15) is 24.8 Å². The van der Waals surface area contributed by atoms with E-state index in [-0.39, 0.29) is 5.91 Å². The third-order valence-electron chi connectivity index (χ3n) is 4.10. The molecule has 0 atom stereocenters. The Morgan fingerprint density at radius 1 is 1.33 bits per heavy atom. The molecule has 0 saturated heterocycles. The van der Waals surface area contributed by atoms with E-state index in [1.54, 1.807) is 19.0 Å². The summed E-state index contributed by atoms with van der Waals surface area (Å²) in [6, 6.07) is 9.16. The first-order chi connectivity index (χ1) is 10.1. The van der Waals surface area contributed by atoms with E-state index >= 15 is 0 Å². The number of aromatic nitrogens is 1. The van der Waals surface area contributed by atoms with Gasteiger partial charge >= 0.3 is 0 Å². The molecule has 1 heterocycles. The fraction of sp³-hybridized carbons (Fsp3) is 0.471. The smallest absolute Gasteiger partial charge is 0.223 e. The van der Waals surface area contributed by atoms with Crippen molar-refractivity contribution < 1.29 is 4.79 Å². The number of nitrogens with one attached hydrogen (secondary N) is 1. The lowest BCUT2D eigenvalue weighted by molar-refractivity contribution is -0.128. The maximum absolute atomic E-state index is 11.8. The fourth-order valence-corrected chi connectivity index (χ4v) is 2.63. The highest BCUT2D eigenvalue weighted by atomic mass is 16.2. The van der Waals surface area contributed by atoms with Gasteiger partial charge in [0.25, 0.3) is 0 Å². The normalized spacial score (nSPS) is 14.6. The third kappa shape index (κ3) is 3.27. The molecule has 0 aliphatic heterocycles. The number of rotatable bonds is 6. The zero-order chi connectivity index (χ0) is 14.8. The standard InChI is InChI=1S/C17H23N3O/c1-19(2)17(21)9-10-20-12-13(11-18-14-7-8-14)15-5-3-4-6-16(15)20/h3-6,12,14,18H,7-11H2,1-2H3. The zero-order valence-corrected chi connectivity index (χ0v) is 12.8. The molecule has 112 valence electrons. The van der Waals surface area contributed by atoms with Gasteiger partial charge in [0.15, 0.2) is 0 Å². The van der Waals surface area contributed by atoms with Crippen LogP contribution in [0.4, 0.5) is 0 Å². The molecule has 0 radical (unpaired) electrons. The number of amides is 1. The molecule has 3 rings (SSSR count). The Morgan fingerprint density at radius 2 is 2.10 bits per heavy atom. The first-order valence-electron chi connectivity index (χ1n) is 7.65. The van der Waals surface area contributed by atoms with Gasteiger partial charge in [-0.3, -0.25) is 4.79 Å². The van der Waals surface area contributed by atoms with Crippen LogP contribution in [-0.2, 0) is 17.9 Å². The van der Waals surface area contributed by atoms with Gasteiger partial charge in [0.2, 0.25) is 5.91 Å². The van der Waals surface area contributed by atoms with Crippen molar-refractivity contribution in [2.75, 3.05) is 14.1 Å². The monoisotopic (exact) mass is 285 g/mol. The Hall–Kier alpha value is -1.81. The zero-order valence-electron chi connectivity index (χ0n) is 12.8. The van der Waals surface area contributed by atoms with Gasteiger partial charge < -0.3 is 14.8 Å². The molecule has 1 N–H and O–H groups in total. The van der Waals surface area contributed by atoms with Crippen LogP contribution < -0.4 is 5.32 Å². The Morgan fingerprint density at radius 3 is 2.81 bits per heavy atom. The fourth-order valence-electron chi connectivity index (χ4n) is 2.63. The summed E-state index contributed by atoms with van der Waals surface area (Å²) < 4.78 is 2.21. The first-order valence-corrected chi connectivity index (χ1v) is 7.65. The van der Waals surface area contributed by atoms with E-state index in [1.807, 2.05) is 0 Å². The van der Waals surface area contributed by atoms with Crippen LogP contribution in [0, 0.1) is 0 Å². The van der Waals surface area contributed by atoms with Gasteiger partial charge in [0, 0.05) is 56.7 Å². The molecule has 1 aromatic heterocycles. The van der Waals surface area contributed by atoms with Crippen molar-refractivity contribution in [3.05, 3.63) is 36.0 Å². The lowest BCUT2D eigenvalue weighted by Crippen LogP contribution is -2.22. The molecule has 1 saturated carbocycles. The SMILES string of the molecule is CN(C)C(=O)CCn1cc(CNC2CC2)c2ccccc21. The van der Waals surface area contributed by atoms with Crippen molar-refractivity contribution in [2.45, 2.75) is 38.4 Å². The van der Waals surface area contributed by atoms with Crippen LogP contribution in [0.3, 0.4) is 0 Å². The molecule has 21 heavy (non-hydrogen) atoms. The molecule has 1 fully saturated rings. The number of hydrogen-bond acceptors (Lipinski definition) is 2. The minimum absolute atomic E-state index is 0.172. The Labute approximate surface area is 125 Å². The predicted molar refractivity (Wildman–Crippen MR) is 85.1 cm³/mol. The number of fused-ring (bicyclic) bond motifs is 1. The first kappa shape index (κ1) is 14.1. The molecule has 0 spiro atoms. The average Bonchev–Trinajstić information content (AvgIpc) is 3.25. The molecule has 4 nitrogen and oxygen atoms in total. The van der Waals surface area contributed by atoms with Crippen LogP contribution in [0.25, 0.3) is 10.9 Å². The molecule has 2 aromatic rings. The number of para-hydroxylation sites is 1. The second-order valence-electron chi connectivity index (χ2n) is 6.06. The van der Waals surface area contributed by atoms with E-state index in [2.05, 4.69) is 40.3 Å². The highest BCUT2D eigenvalue weighted by molar-refractivity contribution is 5.84. The summed E-state index contributed by atoms with van der Waals surface area (Å²) in [6.45, 7) is 1.65. The summed E-state index contributed by atoms with van der Waals surface area (Å²) in [5.41, 5.74) is 2.55. The van der Waals surface area contributed by atoms with Gasteiger partial charge in [-0.05, 0) is 24.5 Å². The summed E-state index contributed by atoms with van der Waals surface area (Å²) in [6.07, 6.45) is 5.34. The quantitative estimate of drug-likeness (QED) is 0.885. The van der Waals surface area contributed by atoms with Gasteiger partial charge in [-0.15, -0.1) is 0 Å². The molecule has 1 aliphatic rings. The number of carbonyl (C=O) groups is 1. The molecule has 1 amide bonds. The maximum Gasteiger partial charge on any atom is 0.223 e. The summed E-state index contributed by atoms with van der Waals surface area (Å²) in [5.74, 6) is 0.172.